The number of hydrogen-bond donors (Lipinski definition) is 2. The van der Waals surface area contributed by atoms with Crippen LogP contribution in [0.1, 0.15) is 0 Å². The van der Waals surface area contributed by atoms with Gasteiger partial charge in [0.15, 0.2) is 5.82 Å². The van der Waals surface area contributed by atoms with Gasteiger partial charge in [0.25, 0.3) is 0 Å². The Balaban J connectivity index is 2.45. The van der Waals surface area contributed by atoms with Gasteiger partial charge in [-0.1, -0.05) is 0 Å². The minimum absolute atomic E-state index is 0.707. The Morgan fingerprint density at radius 2 is 2.50 bits per heavy atom. The minimum atomic E-state index is 0.707. The molecule has 1 aromatic heterocycles. The highest BCUT2D eigenvalue weighted by molar-refractivity contribution is 7.98. The average molecular weight is 186 g/mol. The molecule has 0 aliphatic rings. The fourth-order valence-corrected chi connectivity index (χ4v) is 1.22. The Morgan fingerprint density at radius 1 is 1.75 bits per heavy atom. The molecule has 5 heteroatoms. The van der Waals surface area contributed by atoms with Gasteiger partial charge in [-0.25, -0.2) is 0 Å². The molecule has 0 saturated carbocycles. The number of hydrogen-bond acceptors (Lipinski definition) is 4. The van der Waals surface area contributed by atoms with E-state index >= 15 is 0 Å². The second-order valence-electron chi connectivity index (χ2n) is 2.53. The van der Waals surface area contributed by atoms with Crippen LogP contribution in [0.3, 0.4) is 0 Å². The first kappa shape index (κ1) is 9.25. The van der Waals surface area contributed by atoms with Crippen LogP contribution in [0.5, 0.6) is 0 Å². The number of aryl methyl sites for hydroxylation is 1. The van der Waals surface area contributed by atoms with Gasteiger partial charge in [0, 0.05) is 25.5 Å². The maximum Gasteiger partial charge on any atom is 0.171 e. The van der Waals surface area contributed by atoms with Gasteiger partial charge in [-0.05, 0) is 6.26 Å². The Bertz CT molecular complexity index is 246. The molecule has 1 aromatic rings. The number of nitrogens with one attached hydrogen (secondary N) is 1. The number of aromatic nitrogens is 2. The lowest BCUT2D eigenvalue weighted by Gasteiger charge is -2.00. The second kappa shape index (κ2) is 4.25. The van der Waals surface area contributed by atoms with E-state index in [1.807, 2.05) is 7.05 Å². The second-order valence-corrected chi connectivity index (χ2v) is 3.51. The van der Waals surface area contributed by atoms with Gasteiger partial charge in [0.05, 0.1) is 5.69 Å². The third-order valence-electron chi connectivity index (χ3n) is 1.46. The first-order valence-corrected chi connectivity index (χ1v) is 5.15. The van der Waals surface area contributed by atoms with Crippen molar-refractivity contribution in [3.63, 3.8) is 0 Å². The zero-order chi connectivity index (χ0) is 8.97. The summed E-state index contributed by atoms with van der Waals surface area (Å²) in [6.45, 7) is 0.905. The van der Waals surface area contributed by atoms with Crippen LogP contribution >= 0.6 is 11.8 Å². The van der Waals surface area contributed by atoms with Crippen LogP contribution in [0.15, 0.2) is 6.20 Å². The van der Waals surface area contributed by atoms with Gasteiger partial charge in [0.2, 0.25) is 0 Å². The molecule has 0 aliphatic carbocycles. The van der Waals surface area contributed by atoms with Crippen LogP contribution in [0.2, 0.25) is 0 Å². The fourth-order valence-electron chi connectivity index (χ4n) is 0.916. The highest BCUT2D eigenvalue weighted by Gasteiger charge is 2.01. The molecule has 68 valence electrons. The molecule has 0 aromatic carbocycles. The van der Waals surface area contributed by atoms with Gasteiger partial charge >= 0.3 is 0 Å². The summed E-state index contributed by atoms with van der Waals surface area (Å²) in [5.74, 6) is 1.85. The molecule has 0 spiro atoms. The maximum absolute atomic E-state index is 5.67. The fraction of sp³-hybridized carbons (Fsp3) is 0.571. The molecule has 1 heterocycles. The molecule has 0 radical (unpaired) electrons. The summed E-state index contributed by atoms with van der Waals surface area (Å²) in [5, 5.41) is 7.31. The molecular formula is C7H14N4S. The van der Waals surface area contributed by atoms with Crippen molar-refractivity contribution in [2.24, 2.45) is 7.05 Å². The van der Waals surface area contributed by atoms with E-state index in [1.54, 1.807) is 22.6 Å². The predicted octanol–water partition coefficient (Wildman–Crippen LogP) is 0.777. The number of thioether (sulfide) groups is 1. The van der Waals surface area contributed by atoms with E-state index in [-0.39, 0.29) is 0 Å². The summed E-state index contributed by atoms with van der Waals surface area (Å²) >= 11 is 1.80. The highest BCUT2D eigenvalue weighted by atomic mass is 32.2. The van der Waals surface area contributed by atoms with E-state index in [4.69, 9.17) is 5.73 Å². The molecule has 0 fully saturated rings. The third-order valence-corrected chi connectivity index (χ3v) is 2.07. The molecule has 12 heavy (non-hydrogen) atoms. The van der Waals surface area contributed by atoms with Crippen molar-refractivity contribution in [3.8, 4) is 0 Å². The molecule has 0 bridgehead atoms. The van der Waals surface area contributed by atoms with E-state index in [1.165, 1.54) is 0 Å². The zero-order valence-electron chi connectivity index (χ0n) is 7.37. The molecule has 3 N–H and O–H groups in total. The predicted molar refractivity (Wildman–Crippen MR) is 54.5 cm³/mol. The smallest absolute Gasteiger partial charge is 0.171 e. The van der Waals surface area contributed by atoms with Crippen LogP contribution in [-0.2, 0) is 7.05 Å². The molecule has 0 amide bonds. The monoisotopic (exact) mass is 186 g/mol. The van der Waals surface area contributed by atoms with Crippen LogP contribution < -0.4 is 11.1 Å². The van der Waals surface area contributed by atoms with Crippen LogP contribution in [0.25, 0.3) is 0 Å². The summed E-state index contributed by atoms with van der Waals surface area (Å²) in [7, 11) is 1.86. The normalized spacial score (nSPS) is 10.2. The lowest BCUT2D eigenvalue weighted by atomic mass is 10.5. The molecule has 0 atom stereocenters. The zero-order valence-corrected chi connectivity index (χ0v) is 8.19. The van der Waals surface area contributed by atoms with Crippen molar-refractivity contribution >= 4 is 23.3 Å². The average Bonchev–Trinajstić information content (AvgIpc) is 2.31. The Hall–Kier alpha value is -0.840. The lowest BCUT2D eigenvalue weighted by molar-refractivity contribution is 0.769. The van der Waals surface area contributed by atoms with Crippen LogP contribution in [0, 0.1) is 0 Å². The first-order chi connectivity index (χ1) is 5.74. The highest BCUT2D eigenvalue weighted by Crippen LogP contribution is 2.13. The van der Waals surface area contributed by atoms with Crippen molar-refractivity contribution in [3.05, 3.63) is 6.20 Å². The number of anilines is 2. The molecule has 0 saturated heterocycles. The Kier molecular flexibility index (Phi) is 3.28. The standard InChI is InChI=1S/C7H14N4S/c1-11-5-6(8)7(10-11)9-3-4-12-2/h5H,3-4,8H2,1-2H3,(H,9,10). The van der Waals surface area contributed by atoms with Gasteiger partial charge in [0.1, 0.15) is 0 Å². The van der Waals surface area contributed by atoms with Gasteiger partial charge in [-0.3, -0.25) is 4.68 Å². The molecule has 0 aliphatic heterocycles. The van der Waals surface area contributed by atoms with Gasteiger partial charge < -0.3 is 11.1 Å². The van der Waals surface area contributed by atoms with Crippen molar-refractivity contribution < 1.29 is 0 Å². The van der Waals surface area contributed by atoms with E-state index in [9.17, 15) is 0 Å². The van der Waals surface area contributed by atoms with E-state index in [2.05, 4.69) is 16.7 Å². The lowest BCUT2D eigenvalue weighted by Crippen LogP contribution is -2.06. The van der Waals surface area contributed by atoms with E-state index < -0.39 is 0 Å². The first-order valence-electron chi connectivity index (χ1n) is 3.76. The number of nitrogen functional groups attached to an aromatic ring is 1. The summed E-state index contributed by atoms with van der Waals surface area (Å²) in [6, 6.07) is 0. The largest absolute Gasteiger partial charge is 0.394 e. The van der Waals surface area contributed by atoms with Crippen LogP contribution in [-0.4, -0.2) is 28.3 Å². The molecule has 0 unspecified atom stereocenters. The molecular weight excluding hydrogens is 172 g/mol. The summed E-state index contributed by atoms with van der Waals surface area (Å²) in [5.41, 5.74) is 6.38. The van der Waals surface area contributed by atoms with E-state index in [0.29, 0.717) is 5.69 Å². The van der Waals surface area contributed by atoms with Crippen molar-refractivity contribution in [2.75, 3.05) is 29.6 Å². The topological polar surface area (TPSA) is 55.9 Å². The molecule has 4 nitrogen and oxygen atoms in total. The minimum Gasteiger partial charge on any atom is -0.394 e. The SMILES string of the molecule is CSCCNc1nn(C)cc1N. The summed E-state index contributed by atoms with van der Waals surface area (Å²) in [6.07, 6.45) is 3.87. The Labute approximate surface area is 76.5 Å². The summed E-state index contributed by atoms with van der Waals surface area (Å²) in [4.78, 5) is 0. The van der Waals surface area contributed by atoms with Gasteiger partial charge in [-0.15, -0.1) is 0 Å². The number of nitrogens with two attached hydrogens (primary N) is 1. The summed E-state index contributed by atoms with van der Waals surface area (Å²) < 4.78 is 1.71. The third kappa shape index (κ3) is 2.34. The van der Waals surface area contributed by atoms with Gasteiger partial charge in [-0.2, -0.15) is 16.9 Å². The number of nitrogens with zero attached hydrogens (tertiary/aromatic N) is 2. The molecule has 1 rings (SSSR count). The quantitative estimate of drug-likeness (QED) is 0.682. The van der Waals surface area contributed by atoms with Crippen molar-refractivity contribution in [1.82, 2.24) is 9.78 Å². The van der Waals surface area contributed by atoms with Crippen LogP contribution in [0.4, 0.5) is 11.5 Å². The van der Waals surface area contributed by atoms with Crippen molar-refractivity contribution in [2.45, 2.75) is 0 Å². The number of rotatable bonds is 4. The Morgan fingerprint density at radius 3 is 3.00 bits per heavy atom. The maximum atomic E-state index is 5.67. The van der Waals surface area contributed by atoms with Crippen molar-refractivity contribution in [1.29, 1.82) is 0 Å². The van der Waals surface area contributed by atoms with E-state index in [0.717, 1.165) is 18.1 Å².